The first kappa shape index (κ1) is 20.6. The highest BCUT2D eigenvalue weighted by Gasteiger charge is 2.39. The molecule has 2 aromatic heterocycles. The van der Waals surface area contributed by atoms with Crippen molar-refractivity contribution in [2.75, 3.05) is 23.7 Å². The van der Waals surface area contributed by atoms with Crippen LogP contribution in [0.25, 0.3) is 33.4 Å². The van der Waals surface area contributed by atoms with Crippen molar-refractivity contribution >= 4 is 26.3 Å². The molecule has 1 fully saturated rings. The van der Waals surface area contributed by atoms with Crippen molar-refractivity contribution in [1.82, 2.24) is 20.4 Å². The second-order valence-electron chi connectivity index (χ2n) is 8.01. The van der Waals surface area contributed by atoms with E-state index in [4.69, 9.17) is 4.78 Å². The molecular formula is C22H22F2N6OS. The number of rotatable bonds is 5. The van der Waals surface area contributed by atoms with Crippen LogP contribution < -0.4 is 4.90 Å². The molecule has 0 spiro atoms. The minimum Gasteiger partial charge on any atom is -0.365 e. The van der Waals surface area contributed by atoms with E-state index in [2.05, 4.69) is 20.4 Å². The number of aromatic amines is 2. The topological polar surface area (TPSA) is 102 Å². The van der Waals surface area contributed by atoms with Gasteiger partial charge in [0, 0.05) is 57.0 Å². The lowest BCUT2D eigenvalue weighted by atomic mass is 10.1. The minimum absolute atomic E-state index is 0.182. The summed E-state index contributed by atoms with van der Waals surface area (Å²) in [7, 11) is -2.96. The molecule has 4 aromatic rings. The second-order valence-corrected chi connectivity index (χ2v) is 10.4. The van der Waals surface area contributed by atoms with E-state index in [9.17, 15) is 13.0 Å². The van der Waals surface area contributed by atoms with Crippen LogP contribution in [0, 0.1) is 4.78 Å². The van der Waals surface area contributed by atoms with Crippen LogP contribution >= 0.6 is 0 Å². The Balaban J connectivity index is 1.64. The molecule has 166 valence electrons. The average Bonchev–Trinajstić information content (AvgIpc) is 3.52. The summed E-state index contributed by atoms with van der Waals surface area (Å²) in [5.74, 6) is -2.56. The predicted octanol–water partition coefficient (Wildman–Crippen LogP) is 4.89. The normalized spacial score (nSPS) is 17.7. The number of hydrogen-bond donors (Lipinski definition) is 3. The fourth-order valence-corrected chi connectivity index (χ4v) is 5.03. The van der Waals surface area contributed by atoms with E-state index in [0.717, 1.165) is 22.2 Å². The van der Waals surface area contributed by atoms with E-state index in [1.54, 1.807) is 36.2 Å². The van der Waals surface area contributed by atoms with E-state index in [1.807, 2.05) is 24.3 Å². The van der Waals surface area contributed by atoms with Crippen LogP contribution in [0.15, 0.2) is 53.6 Å². The molecule has 1 aliphatic heterocycles. The highest BCUT2D eigenvalue weighted by molar-refractivity contribution is 7.92. The molecule has 3 heterocycles. The van der Waals surface area contributed by atoms with Gasteiger partial charge in [0.25, 0.3) is 5.92 Å². The molecule has 1 saturated heterocycles. The molecule has 5 rings (SSSR count). The molecule has 7 nitrogen and oxygen atoms in total. The van der Waals surface area contributed by atoms with E-state index < -0.39 is 15.7 Å². The molecule has 1 unspecified atom stereocenters. The third kappa shape index (κ3) is 3.64. The molecule has 2 aromatic carbocycles. The molecule has 0 aliphatic carbocycles. The van der Waals surface area contributed by atoms with Crippen molar-refractivity contribution in [2.24, 2.45) is 0 Å². The van der Waals surface area contributed by atoms with Crippen LogP contribution in [0.3, 0.4) is 0 Å². The van der Waals surface area contributed by atoms with Gasteiger partial charge in [-0.3, -0.25) is 0 Å². The fourth-order valence-electron chi connectivity index (χ4n) is 4.10. The van der Waals surface area contributed by atoms with Crippen LogP contribution in [-0.4, -0.2) is 49.4 Å². The van der Waals surface area contributed by atoms with Gasteiger partial charge in [-0.15, -0.1) is 0 Å². The van der Waals surface area contributed by atoms with Crippen molar-refractivity contribution in [3.63, 3.8) is 0 Å². The number of benzene rings is 2. The average molecular weight is 457 g/mol. The molecule has 0 radical (unpaired) electrons. The Morgan fingerprint density at radius 3 is 2.75 bits per heavy atom. The number of anilines is 1. The zero-order valence-electron chi connectivity index (χ0n) is 17.4. The molecule has 32 heavy (non-hydrogen) atoms. The first-order valence-corrected chi connectivity index (χ1v) is 12.0. The van der Waals surface area contributed by atoms with Gasteiger partial charge >= 0.3 is 0 Å². The van der Waals surface area contributed by atoms with E-state index in [0.29, 0.717) is 21.8 Å². The molecule has 0 bridgehead atoms. The van der Waals surface area contributed by atoms with Gasteiger partial charge < -0.3 is 9.88 Å². The van der Waals surface area contributed by atoms with Crippen molar-refractivity contribution in [3.8, 4) is 22.5 Å². The third-order valence-electron chi connectivity index (χ3n) is 5.89. The largest absolute Gasteiger partial charge is 0.365 e. The van der Waals surface area contributed by atoms with E-state index in [-0.39, 0.29) is 25.3 Å². The highest BCUT2D eigenvalue weighted by Crippen LogP contribution is 2.39. The maximum Gasteiger partial charge on any atom is 0.266 e. The summed E-state index contributed by atoms with van der Waals surface area (Å²) < 4.78 is 48.8. The lowest BCUT2D eigenvalue weighted by Gasteiger charge is -2.22. The summed E-state index contributed by atoms with van der Waals surface area (Å²) in [5, 5.41) is 11.5. The van der Waals surface area contributed by atoms with Gasteiger partial charge in [0.15, 0.2) is 0 Å². The van der Waals surface area contributed by atoms with Gasteiger partial charge in [-0.05, 0) is 36.4 Å². The maximum atomic E-state index is 13.9. The SMILES string of the molecule is CCS(=N)(=O)c1ccc(N2CCC(F)(F)C2)c(-c2cc3cc(-c4cn[nH]n4)ccc3[nH]2)c1. The molecular weight excluding hydrogens is 434 g/mol. The Hall–Kier alpha value is -3.27. The predicted molar refractivity (Wildman–Crippen MR) is 121 cm³/mol. The first-order valence-electron chi connectivity index (χ1n) is 10.3. The van der Waals surface area contributed by atoms with Gasteiger partial charge in [0.05, 0.1) is 22.5 Å². The van der Waals surface area contributed by atoms with Gasteiger partial charge in [-0.1, -0.05) is 13.0 Å². The number of nitrogens with one attached hydrogen (secondary N) is 3. The van der Waals surface area contributed by atoms with Gasteiger partial charge in [-0.2, -0.15) is 15.4 Å². The van der Waals surface area contributed by atoms with Crippen LogP contribution in [0.2, 0.25) is 0 Å². The Morgan fingerprint density at radius 2 is 2.06 bits per heavy atom. The highest BCUT2D eigenvalue weighted by atomic mass is 32.2. The molecule has 1 atom stereocenters. The monoisotopic (exact) mass is 456 g/mol. The number of fused-ring (bicyclic) bond motifs is 1. The zero-order valence-corrected chi connectivity index (χ0v) is 18.2. The van der Waals surface area contributed by atoms with E-state index >= 15 is 0 Å². The van der Waals surface area contributed by atoms with Crippen LogP contribution in [0.1, 0.15) is 13.3 Å². The smallest absolute Gasteiger partial charge is 0.266 e. The van der Waals surface area contributed by atoms with Crippen molar-refractivity contribution in [1.29, 1.82) is 4.78 Å². The number of nitrogens with zero attached hydrogens (tertiary/aromatic N) is 3. The van der Waals surface area contributed by atoms with E-state index in [1.165, 1.54) is 0 Å². The summed E-state index contributed by atoms with van der Waals surface area (Å²) in [4.78, 5) is 5.40. The third-order valence-corrected chi connectivity index (χ3v) is 7.72. The minimum atomic E-state index is -2.96. The summed E-state index contributed by atoms with van der Waals surface area (Å²) in [6, 6.07) is 12.8. The summed E-state index contributed by atoms with van der Waals surface area (Å²) in [6.07, 6.45) is 1.44. The number of hydrogen-bond acceptors (Lipinski definition) is 5. The number of aromatic nitrogens is 4. The number of alkyl halides is 2. The van der Waals surface area contributed by atoms with Crippen LogP contribution in [-0.2, 0) is 9.73 Å². The van der Waals surface area contributed by atoms with Crippen LogP contribution in [0.5, 0.6) is 0 Å². The van der Waals surface area contributed by atoms with Crippen molar-refractivity contribution in [3.05, 3.63) is 48.7 Å². The first-order chi connectivity index (χ1) is 15.3. The van der Waals surface area contributed by atoms with Gasteiger partial charge in [0.1, 0.15) is 5.69 Å². The van der Waals surface area contributed by atoms with Crippen LogP contribution in [0.4, 0.5) is 14.5 Å². The van der Waals surface area contributed by atoms with Gasteiger partial charge in [-0.25, -0.2) is 17.8 Å². The fraction of sp³-hybridized carbons (Fsp3) is 0.273. The number of H-pyrrole nitrogens is 2. The quantitative estimate of drug-likeness (QED) is 0.398. The second kappa shape index (κ2) is 7.40. The van der Waals surface area contributed by atoms with Crippen molar-refractivity contribution in [2.45, 2.75) is 24.2 Å². The molecule has 10 heteroatoms. The number of halogens is 2. The zero-order chi connectivity index (χ0) is 22.5. The summed E-state index contributed by atoms with van der Waals surface area (Å²) >= 11 is 0. The molecule has 3 N–H and O–H groups in total. The Morgan fingerprint density at radius 1 is 1.22 bits per heavy atom. The maximum absolute atomic E-state index is 13.9. The summed E-state index contributed by atoms with van der Waals surface area (Å²) in [6.45, 7) is 1.58. The lowest BCUT2D eigenvalue weighted by Crippen LogP contribution is -2.25. The Kier molecular flexibility index (Phi) is 4.77. The Bertz CT molecular complexity index is 1400. The molecule has 0 saturated carbocycles. The van der Waals surface area contributed by atoms with Gasteiger partial charge in [0.2, 0.25) is 0 Å². The Labute approximate surface area is 183 Å². The molecule has 0 amide bonds. The molecule has 1 aliphatic rings. The lowest BCUT2D eigenvalue weighted by molar-refractivity contribution is 0.0257. The standard InChI is InChI=1S/C22H22F2N6OS/c1-2-32(25,31)16-4-6-21(30-8-7-22(23,24)13-30)17(11-16)19-10-15-9-14(3-5-18(15)27-19)20-12-26-29-28-20/h3-6,9-12,25,27H,2,7-8,13H2,1H3,(H,26,28,29). The summed E-state index contributed by atoms with van der Waals surface area (Å²) in [5.41, 5.74) is 4.50. The van der Waals surface area contributed by atoms with Crippen molar-refractivity contribution < 1.29 is 13.0 Å².